The van der Waals surface area contributed by atoms with Gasteiger partial charge >= 0.3 is 6.36 Å². The summed E-state index contributed by atoms with van der Waals surface area (Å²) < 4.78 is 51.3. The average molecular weight is 521 g/mol. The van der Waals surface area contributed by atoms with Crippen LogP contribution in [-0.2, 0) is 7.05 Å². The van der Waals surface area contributed by atoms with Gasteiger partial charge in [-0.1, -0.05) is 23.4 Å². The second-order valence-electron chi connectivity index (χ2n) is 10.8. The molecule has 38 heavy (non-hydrogen) atoms. The molecule has 4 aromatic rings. The van der Waals surface area contributed by atoms with E-state index in [2.05, 4.69) is 44.2 Å². The first-order valence-electron chi connectivity index (χ1n) is 13.0. The highest BCUT2D eigenvalue weighted by atomic mass is 19.4. The molecule has 0 atom stereocenters. The van der Waals surface area contributed by atoms with Crippen LogP contribution >= 0.6 is 0 Å². The van der Waals surface area contributed by atoms with E-state index in [0.717, 1.165) is 73.0 Å². The molecule has 3 aliphatic rings. The Morgan fingerprint density at radius 3 is 2.58 bits per heavy atom. The number of alkyl halides is 3. The molecule has 3 heterocycles. The smallest absolute Gasteiger partial charge is 0.405 e. The molecule has 2 aromatic carbocycles. The number of rotatable bonds is 5. The Balaban J connectivity index is 1.16. The highest BCUT2D eigenvalue weighted by Gasteiger charge is 2.44. The molecule has 9 heteroatoms. The van der Waals surface area contributed by atoms with Gasteiger partial charge in [0.1, 0.15) is 17.2 Å². The average Bonchev–Trinajstić information content (AvgIpc) is 3.53. The van der Waals surface area contributed by atoms with Gasteiger partial charge in [-0.25, -0.2) is 0 Å². The van der Waals surface area contributed by atoms with Crippen molar-refractivity contribution in [1.29, 1.82) is 0 Å². The lowest BCUT2D eigenvalue weighted by molar-refractivity contribution is -0.274. The second kappa shape index (κ2) is 8.38. The summed E-state index contributed by atoms with van der Waals surface area (Å²) >= 11 is 0. The lowest BCUT2D eigenvalue weighted by atomic mass is 9.63. The fraction of sp³-hybridized carbons (Fsp3) is 0.379. The van der Waals surface area contributed by atoms with Crippen LogP contribution in [0.2, 0.25) is 0 Å². The molecule has 1 spiro atoms. The zero-order valence-electron chi connectivity index (χ0n) is 21.0. The number of aryl methyl sites for hydroxylation is 1. The fourth-order valence-corrected chi connectivity index (χ4v) is 6.04. The minimum absolute atomic E-state index is 0.0970. The van der Waals surface area contributed by atoms with Crippen molar-refractivity contribution >= 4 is 22.2 Å². The zero-order valence-corrected chi connectivity index (χ0v) is 21.0. The van der Waals surface area contributed by atoms with Crippen molar-refractivity contribution in [3.63, 3.8) is 0 Å². The normalized spacial score (nSPS) is 19.1. The molecular formula is C29H27F3N4O2. The van der Waals surface area contributed by atoms with E-state index in [1.807, 2.05) is 17.9 Å². The Morgan fingerprint density at radius 2 is 1.84 bits per heavy atom. The summed E-state index contributed by atoms with van der Waals surface area (Å²) in [6.07, 6.45) is 4.36. The third-order valence-corrected chi connectivity index (χ3v) is 8.24. The van der Waals surface area contributed by atoms with Crippen LogP contribution < -0.4 is 9.64 Å². The molecular weight excluding hydrogens is 493 g/mol. The van der Waals surface area contributed by atoms with E-state index in [4.69, 9.17) is 4.52 Å². The van der Waals surface area contributed by atoms with Gasteiger partial charge in [-0.3, -0.25) is 4.68 Å². The maximum absolute atomic E-state index is 13.1. The standard InChI is InChI=1S/C29H27F3N4O2/c1-35-23-14-21(9-8-19(23)17-33-35)36-12-10-28(11-13-36)15-20(16-28)25-26(34-38-27(25)18-6-7-18)22-4-2-3-5-24(22)37-29(30,31)32/h2-5,8-9,14-15,17-18H,6-7,10-13,16H2,1H3. The summed E-state index contributed by atoms with van der Waals surface area (Å²) in [5.74, 6) is 0.818. The van der Waals surface area contributed by atoms with Crippen LogP contribution in [0.3, 0.4) is 0 Å². The van der Waals surface area contributed by atoms with Crippen LogP contribution in [0.15, 0.2) is 59.3 Å². The summed E-state index contributed by atoms with van der Waals surface area (Å²) in [6.45, 7) is 1.89. The number of para-hydroxylation sites is 1. The number of hydrogen-bond donors (Lipinski definition) is 0. The molecule has 0 N–H and O–H groups in total. The fourth-order valence-electron chi connectivity index (χ4n) is 6.04. The Labute approximate surface area is 217 Å². The predicted octanol–water partition coefficient (Wildman–Crippen LogP) is 7.08. The highest BCUT2D eigenvalue weighted by Crippen LogP contribution is 2.56. The summed E-state index contributed by atoms with van der Waals surface area (Å²) in [5, 5.41) is 9.76. The first kappa shape index (κ1) is 23.4. The van der Waals surface area contributed by atoms with Crippen molar-refractivity contribution < 1.29 is 22.4 Å². The third kappa shape index (κ3) is 4.04. The minimum Gasteiger partial charge on any atom is -0.405 e. The maximum atomic E-state index is 13.1. The molecule has 196 valence electrons. The minimum atomic E-state index is -4.78. The molecule has 0 radical (unpaired) electrons. The SMILES string of the molecule is Cn1ncc2ccc(N3CCC4(C=C(c5c(-c6ccccc6OC(F)(F)F)noc5C5CC5)C4)CC3)cc21. The monoisotopic (exact) mass is 520 g/mol. The highest BCUT2D eigenvalue weighted by molar-refractivity contribution is 5.86. The molecule has 1 saturated heterocycles. The molecule has 1 saturated carbocycles. The van der Waals surface area contributed by atoms with Gasteiger partial charge in [0.2, 0.25) is 0 Å². The molecule has 6 nitrogen and oxygen atoms in total. The van der Waals surface area contributed by atoms with Crippen LogP contribution in [0, 0.1) is 5.41 Å². The number of anilines is 1. The molecule has 0 amide bonds. The van der Waals surface area contributed by atoms with Gasteiger partial charge in [-0.05, 0) is 73.4 Å². The van der Waals surface area contributed by atoms with E-state index < -0.39 is 6.36 Å². The van der Waals surface area contributed by atoms with Gasteiger partial charge < -0.3 is 14.2 Å². The lowest BCUT2D eigenvalue weighted by Crippen LogP contribution is -2.42. The predicted molar refractivity (Wildman–Crippen MR) is 138 cm³/mol. The van der Waals surface area contributed by atoms with Crippen molar-refractivity contribution in [3.05, 3.63) is 66.1 Å². The number of halogens is 3. The van der Waals surface area contributed by atoms with Gasteiger partial charge in [-0.15, -0.1) is 13.2 Å². The largest absolute Gasteiger partial charge is 0.573 e. The van der Waals surface area contributed by atoms with Gasteiger partial charge in [-0.2, -0.15) is 5.10 Å². The van der Waals surface area contributed by atoms with E-state index >= 15 is 0 Å². The molecule has 2 aliphatic carbocycles. The van der Waals surface area contributed by atoms with Crippen LogP contribution in [-0.4, -0.2) is 34.4 Å². The first-order chi connectivity index (χ1) is 18.3. The van der Waals surface area contributed by atoms with Crippen LogP contribution in [0.1, 0.15) is 49.3 Å². The van der Waals surface area contributed by atoms with E-state index in [0.29, 0.717) is 11.3 Å². The van der Waals surface area contributed by atoms with E-state index in [9.17, 15) is 13.2 Å². The Bertz CT molecular complexity index is 1560. The van der Waals surface area contributed by atoms with Gasteiger partial charge in [0.15, 0.2) is 0 Å². The lowest BCUT2D eigenvalue weighted by Gasteiger charge is -2.47. The zero-order chi connectivity index (χ0) is 26.1. The number of hydrogen-bond acceptors (Lipinski definition) is 5. The molecule has 2 fully saturated rings. The Morgan fingerprint density at radius 1 is 1.08 bits per heavy atom. The number of fused-ring (bicyclic) bond motifs is 1. The summed E-state index contributed by atoms with van der Waals surface area (Å²) in [4.78, 5) is 2.43. The number of piperidine rings is 1. The molecule has 7 rings (SSSR count). The molecule has 1 aliphatic heterocycles. The molecule has 0 unspecified atom stereocenters. The topological polar surface area (TPSA) is 56.3 Å². The van der Waals surface area contributed by atoms with Crippen molar-refractivity contribution in [3.8, 4) is 17.0 Å². The van der Waals surface area contributed by atoms with Crippen molar-refractivity contribution in [2.24, 2.45) is 12.5 Å². The van der Waals surface area contributed by atoms with Crippen molar-refractivity contribution in [2.45, 2.75) is 44.4 Å². The second-order valence-corrected chi connectivity index (χ2v) is 10.8. The molecule has 2 aromatic heterocycles. The van der Waals surface area contributed by atoms with Crippen LogP contribution in [0.5, 0.6) is 5.75 Å². The number of allylic oxidation sites excluding steroid dienone is 2. The van der Waals surface area contributed by atoms with Crippen molar-refractivity contribution in [2.75, 3.05) is 18.0 Å². The van der Waals surface area contributed by atoms with Gasteiger partial charge in [0, 0.05) is 48.3 Å². The van der Waals surface area contributed by atoms with E-state index in [1.165, 1.54) is 17.8 Å². The number of nitrogens with zero attached hydrogens (tertiary/aromatic N) is 4. The Hall–Kier alpha value is -3.75. The number of aromatic nitrogens is 3. The van der Waals surface area contributed by atoms with Crippen LogP contribution in [0.4, 0.5) is 18.9 Å². The van der Waals surface area contributed by atoms with Crippen LogP contribution in [0.25, 0.3) is 27.7 Å². The number of benzene rings is 2. The molecule has 0 bridgehead atoms. The number of ether oxygens (including phenoxy) is 1. The Kier molecular flexibility index (Phi) is 5.15. The summed E-state index contributed by atoms with van der Waals surface area (Å²) in [5.41, 5.74) is 5.15. The van der Waals surface area contributed by atoms with Gasteiger partial charge in [0.05, 0.1) is 11.7 Å². The van der Waals surface area contributed by atoms with Crippen molar-refractivity contribution in [1.82, 2.24) is 14.9 Å². The van der Waals surface area contributed by atoms with E-state index in [1.54, 1.807) is 12.1 Å². The third-order valence-electron chi connectivity index (χ3n) is 8.24. The van der Waals surface area contributed by atoms with Gasteiger partial charge in [0.25, 0.3) is 0 Å². The quantitative estimate of drug-likeness (QED) is 0.282. The summed E-state index contributed by atoms with van der Waals surface area (Å²) in [6, 6.07) is 12.7. The van der Waals surface area contributed by atoms with E-state index in [-0.39, 0.29) is 17.1 Å². The maximum Gasteiger partial charge on any atom is 0.573 e. The summed E-state index contributed by atoms with van der Waals surface area (Å²) in [7, 11) is 1.96. The first-order valence-corrected chi connectivity index (χ1v) is 13.0.